The van der Waals surface area contributed by atoms with E-state index in [2.05, 4.69) is 111 Å². The van der Waals surface area contributed by atoms with E-state index >= 15 is 0 Å². The lowest BCUT2D eigenvalue weighted by Crippen LogP contribution is -2.28. The third kappa shape index (κ3) is 8.29. The molecule has 0 bridgehead atoms. The van der Waals surface area contributed by atoms with Crippen molar-refractivity contribution in [2.45, 2.75) is 105 Å². The standard InChI is InChI=1S/C32H53N3O2/c1-29(2,3)21-17-23(31(7,8)9)27(36)25(19-21)34-15-13-33-14-16-35-26-20-22(30(4,5)6)18-24(28(26)37)32(10,11)12/h17-20,33-37H,13-16H2,1-12H3/p-2. The zero-order valence-corrected chi connectivity index (χ0v) is 25.5. The zero-order chi connectivity index (χ0) is 28.4. The Kier molecular flexibility index (Phi) is 9.29. The molecule has 0 radical (unpaired) electrons. The number of hydrogen-bond donors (Lipinski definition) is 3. The molecule has 0 aliphatic carbocycles. The van der Waals surface area contributed by atoms with Gasteiger partial charge >= 0.3 is 0 Å². The van der Waals surface area contributed by atoms with E-state index in [1.165, 1.54) is 0 Å². The first-order chi connectivity index (χ1) is 16.7. The van der Waals surface area contributed by atoms with Crippen molar-refractivity contribution in [2.75, 3.05) is 36.8 Å². The van der Waals surface area contributed by atoms with Gasteiger partial charge in [-0.1, -0.05) is 107 Å². The van der Waals surface area contributed by atoms with Gasteiger partial charge in [-0.25, -0.2) is 0 Å². The fourth-order valence-electron chi connectivity index (χ4n) is 4.20. The van der Waals surface area contributed by atoms with Gasteiger partial charge in [0.1, 0.15) is 0 Å². The van der Waals surface area contributed by atoms with Gasteiger partial charge in [0.25, 0.3) is 0 Å². The maximum atomic E-state index is 13.1. The highest BCUT2D eigenvalue weighted by atomic mass is 16.3. The molecule has 0 heterocycles. The molecule has 0 atom stereocenters. The Balaban J connectivity index is 2.00. The van der Waals surface area contributed by atoms with Crippen LogP contribution in [0.2, 0.25) is 0 Å². The van der Waals surface area contributed by atoms with Crippen LogP contribution in [0.1, 0.15) is 105 Å². The normalized spacial score (nSPS) is 13.1. The number of hydrogen-bond acceptors (Lipinski definition) is 5. The van der Waals surface area contributed by atoms with E-state index in [0.717, 1.165) is 22.3 Å². The van der Waals surface area contributed by atoms with E-state index in [1.807, 2.05) is 12.1 Å². The molecule has 5 heteroatoms. The molecule has 5 nitrogen and oxygen atoms in total. The molecular weight excluding hydrogens is 458 g/mol. The molecule has 0 unspecified atom stereocenters. The second-order valence-electron chi connectivity index (χ2n) is 14.4. The zero-order valence-electron chi connectivity index (χ0n) is 25.5. The number of benzene rings is 2. The van der Waals surface area contributed by atoms with E-state index < -0.39 is 0 Å². The van der Waals surface area contributed by atoms with E-state index in [4.69, 9.17) is 0 Å². The first-order valence-corrected chi connectivity index (χ1v) is 13.6. The Bertz CT molecular complexity index is 976. The van der Waals surface area contributed by atoms with Crippen LogP contribution < -0.4 is 26.2 Å². The maximum Gasteiger partial charge on any atom is 0.0272 e. The molecule has 208 valence electrons. The summed E-state index contributed by atoms with van der Waals surface area (Å²) in [6.45, 7) is 28.3. The predicted octanol–water partition coefficient (Wildman–Crippen LogP) is 6.14. The highest BCUT2D eigenvalue weighted by Gasteiger charge is 2.23. The lowest BCUT2D eigenvalue weighted by atomic mass is 9.79. The average molecular weight is 510 g/mol. The van der Waals surface area contributed by atoms with Crippen molar-refractivity contribution >= 4 is 11.4 Å². The SMILES string of the molecule is CC(C)(C)c1cc(NCCNCCNc2cc(C(C)(C)C)cc(C(C)(C)C)c2[O-])c([O-])c(C(C)(C)C)c1. The molecule has 0 saturated carbocycles. The van der Waals surface area contributed by atoms with Crippen LogP contribution in [0.3, 0.4) is 0 Å². The fraction of sp³-hybridized carbons (Fsp3) is 0.625. The first kappa shape index (κ1) is 30.8. The van der Waals surface area contributed by atoms with Gasteiger partial charge in [-0.15, -0.1) is 0 Å². The Labute approximate surface area is 226 Å². The molecule has 3 N–H and O–H groups in total. The van der Waals surface area contributed by atoms with Gasteiger partial charge in [-0.05, 0) is 56.0 Å². The van der Waals surface area contributed by atoms with Crippen molar-refractivity contribution in [1.29, 1.82) is 0 Å². The molecule has 0 aromatic heterocycles. The first-order valence-electron chi connectivity index (χ1n) is 13.6. The van der Waals surface area contributed by atoms with Gasteiger partial charge in [-0.2, -0.15) is 0 Å². The van der Waals surface area contributed by atoms with E-state index in [-0.39, 0.29) is 33.2 Å². The molecule has 0 fully saturated rings. The van der Waals surface area contributed by atoms with E-state index in [1.54, 1.807) is 0 Å². The highest BCUT2D eigenvalue weighted by Crippen LogP contribution is 2.40. The van der Waals surface area contributed by atoms with Gasteiger partial charge in [0.2, 0.25) is 0 Å². The van der Waals surface area contributed by atoms with Crippen LogP contribution in [-0.2, 0) is 21.7 Å². The van der Waals surface area contributed by atoms with Crippen LogP contribution in [0.5, 0.6) is 11.5 Å². The summed E-state index contributed by atoms with van der Waals surface area (Å²) in [7, 11) is 0. The van der Waals surface area contributed by atoms with Crippen LogP contribution in [-0.4, -0.2) is 26.2 Å². The van der Waals surface area contributed by atoms with Gasteiger partial charge in [0, 0.05) is 37.6 Å². The molecule has 0 spiro atoms. The Morgan fingerprint density at radius 3 is 1.08 bits per heavy atom. The molecule has 0 saturated heterocycles. The van der Waals surface area contributed by atoms with Crippen molar-refractivity contribution in [3.8, 4) is 11.5 Å². The predicted molar refractivity (Wildman–Crippen MR) is 156 cm³/mol. The van der Waals surface area contributed by atoms with Gasteiger partial charge < -0.3 is 26.2 Å². The summed E-state index contributed by atoms with van der Waals surface area (Å²) in [4.78, 5) is 0. The summed E-state index contributed by atoms with van der Waals surface area (Å²) < 4.78 is 0. The molecule has 2 rings (SSSR count). The van der Waals surface area contributed by atoms with Crippen LogP contribution >= 0.6 is 0 Å². The molecule has 0 aliphatic rings. The van der Waals surface area contributed by atoms with Crippen molar-refractivity contribution in [3.63, 3.8) is 0 Å². The van der Waals surface area contributed by atoms with E-state index in [0.29, 0.717) is 37.6 Å². The Hall–Kier alpha value is -2.40. The summed E-state index contributed by atoms with van der Waals surface area (Å²) in [5.74, 6) is 0.164. The lowest BCUT2D eigenvalue weighted by molar-refractivity contribution is -0.269. The van der Waals surface area contributed by atoms with Gasteiger partial charge in [0.15, 0.2) is 0 Å². The number of rotatable bonds is 8. The highest BCUT2D eigenvalue weighted by molar-refractivity contribution is 5.64. The topological polar surface area (TPSA) is 82.2 Å². The lowest BCUT2D eigenvalue weighted by Gasteiger charge is -2.32. The minimum atomic E-state index is -0.212. The second-order valence-corrected chi connectivity index (χ2v) is 14.4. The maximum absolute atomic E-state index is 13.1. The Morgan fingerprint density at radius 1 is 0.486 bits per heavy atom. The van der Waals surface area contributed by atoms with Gasteiger partial charge in [-0.3, -0.25) is 0 Å². The average Bonchev–Trinajstić information content (AvgIpc) is 2.71. The second kappa shape index (κ2) is 11.1. The quantitative estimate of drug-likeness (QED) is 0.373. The number of nitrogens with one attached hydrogen (secondary N) is 3. The Morgan fingerprint density at radius 2 is 0.811 bits per heavy atom. The molecule has 2 aromatic rings. The molecular formula is C32H51N3O2-2. The summed E-state index contributed by atoms with van der Waals surface area (Å²) in [5.41, 5.74) is 4.86. The van der Waals surface area contributed by atoms with E-state index in [9.17, 15) is 10.2 Å². The fourth-order valence-corrected chi connectivity index (χ4v) is 4.20. The van der Waals surface area contributed by atoms with Gasteiger partial charge in [0.05, 0.1) is 0 Å². The smallest absolute Gasteiger partial charge is 0.0272 e. The third-order valence-electron chi connectivity index (χ3n) is 6.76. The van der Waals surface area contributed by atoms with Crippen molar-refractivity contribution in [2.24, 2.45) is 0 Å². The van der Waals surface area contributed by atoms with Crippen LogP contribution in [0.4, 0.5) is 11.4 Å². The summed E-state index contributed by atoms with van der Waals surface area (Å²) >= 11 is 0. The van der Waals surface area contributed by atoms with Crippen LogP contribution in [0.15, 0.2) is 24.3 Å². The minimum absolute atomic E-state index is 0.0361. The monoisotopic (exact) mass is 509 g/mol. The molecule has 0 aliphatic heterocycles. The summed E-state index contributed by atoms with van der Waals surface area (Å²) in [6, 6.07) is 8.15. The number of anilines is 2. The van der Waals surface area contributed by atoms with Crippen molar-refractivity contribution < 1.29 is 10.2 Å². The van der Waals surface area contributed by atoms with Crippen LogP contribution in [0, 0.1) is 0 Å². The molecule has 2 aromatic carbocycles. The van der Waals surface area contributed by atoms with Crippen molar-refractivity contribution in [3.05, 3.63) is 46.5 Å². The summed E-state index contributed by atoms with van der Waals surface area (Å²) in [5, 5.41) is 36.4. The molecule has 37 heavy (non-hydrogen) atoms. The largest absolute Gasteiger partial charge is 0.871 e. The minimum Gasteiger partial charge on any atom is -0.871 e. The molecule has 0 amide bonds. The summed E-state index contributed by atoms with van der Waals surface area (Å²) in [6.07, 6.45) is 0. The van der Waals surface area contributed by atoms with Crippen molar-refractivity contribution in [1.82, 2.24) is 5.32 Å². The van der Waals surface area contributed by atoms with Crippen LogP contribution in [0.25, 0.3) is 0 Å². The third-order valence-corrected chi connectivity index (χ3v) is 6.76.